The lowest BCUT2D eigenvalue weighted by molar-refractivity contribution is 0.0564. The Kier molecular flexibility index (Phi) is 3.51. The van der Waals surface area contributed by atoms with Crippen molar-refractivity contribution in [3.8, 4) is 0 Å². The molecular weight excluding hydrogens is 180 g/mol. The maximum absolute atomic E-state index is 11.1. The standard InChI is InChI=1S/C11H14O3/c1-4-5-8(2)9-6-7-10(14-9)11(12)13-3/h5-7H,4H2,1-3H3. The number of carbonyl (C=O) groups is 1. The lowest BCUT2D eigenvalue weighted by Gasteiger charge is -1.95. The van der Waals surface area contributed by atoms with Crippen LogP contribution in [0.4, 0.5) is 0 Å². The van der Waals surface area contributed by atoms with E-state index in [0.717, 1.165) is 12.0 Å². The maximum Gasteiger partial charge on any atom is 0.373 e. The minimum atomic E-state index is -0.444. The Balaban J connectivity index is 2.88. The molecule has 76 valence electrons. The van der Waals surface area contributed by atoms with Gasteiger partial charge in [0.2, 0.25) is 5.76 Å². The fraction of sp³-hybridized carbons (Fsp3) is 0.364. The van der Waals surface area contributed by atoms with Crippen LogP contribution in [-0.2, 0) is 4.74 Å². The molecule has 3 heteroatoms. The van der Waals surface area contributed by atoms with E-state index in [1.165, 1.54) is 7.11 Å². The van der Waals surface area contributed by atoms with Gasteiger partial charge in [-0.05, 0) is 31.1 Å². The maximum atomic E-state index is 11.1. The van der Waals surface area contributed by atoms with Crippen molar-refractivity contribution in [1.29, 1.82) is 0 Å². The van der Waals surface area contributed by atoms with Crippen molar-refractivity contribution in [2.75, 3.05) is 7.11 Å². The van der Waals surface area contributed by atoms with Crippen LogP contribution in [0.3, 0.4) is 0 Å². The quantitative estimate of drug-likeness (QED) is 0.694. The van der Waals surface area contributed by atoms with Gasteiger partial charge in [0.15, 0.2) is 0 Å². The third-order valence-electron chi connectivity index (χ3n) is 1.89. The zero-order valence-corrected chi connectivity index (χ0v) is 8.66. The Morgan fingerprint density at radius 2 is 2.14 bits per heavy atom. The SMILES string of the molecule is CCC=C(C)c1ccc(C(=O)OC)o1. The number of hydrogen-bond acceptors (Lipinski definition) is 3. The summed E-state index contributed by atoms with van der Waals surface area (Å²) in [5.74, 6) is 0.513. The van der Waals surface area contributed by atoms with E-state index in [-0.39, 0.29) is 5.76 Å². The second kappa shape index (κ2) is 4.65. The number of methoxy groups -OCH3 is 1. The molecule has 0 unspecified atom stereocenters. The molecule has 0 bridgehead atoms. The van der Waals surface area contributed by atoms with Crippen LogP contribution in [-0.4, -0.2) is 13.1 Å². The molecule has 14 heavy (non-hydrogen) atoms. The normalized spacial score (nSPS) is 11.5. The largest absolute Gasteiger partial charge is 0.463 e. The van der Waals surface area contributed by atoms with Gasteiger partial charge < -0.3 is 9.15 Å². The molecule has 0 atom stereocenters. The van der Waals surface area contributed by atoms with Gasteiger partial charge in [-0.15, -0.1) is 0 Å². The van der Waals surface area contributed by atoms with E-state index in [1.807, 2.05) is 19.9 Å². The highest BCUT2D eigenvalue weighted by Crippen LogP contribution is 2.18. The molecule has 0 radical (unpaired) electrons. The van der Waals surface area contributed by atoms with Gasteiger partial charge in [-0.25, -0.2) is 4.79 Å². The van der Waals surface area contributed by atoms with Crippen LogP contribution >= 0.6 is 0 Å². The molecule has 0 aliphatic carbocycles. The van der Waals surface area contributed by atoms with E-state index in [0.29, 0.717) is 5.76 Å². The van der Waals surface area contributed by atoms with Gasteiger partial charge in [0, 0.05) is 0 Å². The molecule has 3 nitrogen and oxygen atoms in total. The molecular formula is C11H14O3. The van der Waals surface area contributed by atoms with Crippen molar-refractivity contribution in [2.24, 2.45) is 0 Å². The van der Waals surface area contributed by atoms with Crippen molar-refractivity contribution >= 4 is 11.5 Å². The molecule has 0 aliphatic rings. The van der Waals surface area contributed by atoms with E-state index in [9.17, 15) is 4.79 Å². The summed E-state index contributed by atoms with van der Waals surface area (Å²) in [4.78, 5) is 11.1. The number of rotatable bonds is 3. The summed E-state index contributed by atoms with van der Waals surface area (Å²) in [6.07, 6.45) is 2.99. The van der Waals surface area contributed by atoms with E-state index < -0.39 is 5.97 Å². The zero-order valence-electron chi connectivity index (χ0n) is 8.66. The van der Waals surface area contributed by atoms with E-state index in [1.54, 1.807) is 12.1 Å². The van der Waals surface area contributed by atoms with Gasteiger partial charge in [-0.2, -0.15) is 0 Å². The zero-order chi connectivity index (χ0) is 10.6. The summed E-state index contributed by atoms with van der Waals surface area (Å²) in [7, 11) is 1.33. The van der Waals surface area contributed by atoms with Crippen LogP contribution in [0.1, 0.15) is 36.6 Å². The second-order valence-electron chi connectivity index (χ2n) is 2.95. The fourth-order valence-corrected chi connectivity index (χ4v) is 1.17. The number of furan rings is 1. The highest BCUT2D eigenvalue weighted by Gasteiger charge is 2.11. The fourth-order valence-electron chi connectivity index (χ4n) is 1.17. The highest BCUT2D eigenvalue weighted by molar-refractivity contribution is 5.86. The lowest BCUT2D eigenvalue weighted by Crippen LogP contribution is -1.98. The molecule has 0 spiro atoms. The number of ether oxygens (including phenoxy) is 1. The van der Waals surface area contributed by atoms with Crippen molar-refractivity contribution in [3.05, 3.63) is 29.7 Å². The Morgan fingerprint density at radius 3 is 2.71 bits per heavy atom. The van der Waals surface area contributed by atoms with Gasteiger partial charge >= 0.3 is 5.97 Å². The van der Waals surface area contributed by atoms with Crippen LogP contribution in [0.5, 0.6) is 0 Å². The molecule has 1 heterocycles. The third kappa shape index (κ3) is 2.25. The van der Waals surface area contributed by atoms with Crippen molar-refractivity contribution in [1.82, 2.24) is 0 Å². The number of allylic oxidation sites excluding steroid dienone is 2. The minimum absolute atomic E-state index is 0.242. The average Bonchev–Trinajstić information content (AvgIpc) is 2.66. The van der Waals surface area contributed by atoms with Crippen LogP contribution < -0.4 is 0 Å². The summed E-state index contributed by atoms with van der Waals surface area (Å²) in [5, 5.41) is 0. The molecule has 0 aromatic carbocycles. The summed E-state index contributed by atoms with van der Waals surface area (Å²) in [6, 6.07) is 3.39. The van der Waals surface area contributed by atoms with Gasteiger partial charge in [-0.3, -0.25) is 0 Å². The summed E-state index contributed by atoms with van der Waals surface area (Å²) in [6.45, 7) is 4.00. The van der Waals surface area contributed by atoms with Crippen LogP contribution in [0.25, 0.3) is 5.57 Å². The topological polar surface area (TPSA) is 39.4 Å². The van der Waals surface area contributed by atoms with Crippen LogP contribution in [0.2, 0.25) is 0 Å². The molecule has 1 rings (SSSR count). The Bertz CT molecular complexity index is 347. The Morgan fingerprint density at radius 1 is 1.50 bits per heavy atom. The number of carbonyl (C=O) groups excluding carboxylic acids is 1. The van der Waals surface area contributed by atoms with Gasteiger partial charge in [0.1, 0.15) is 5.76 Å². The summed E-state index contributed by atoms with van der Waals surface area (Å²) >= 11 is 0. The van der Waals surface area contributed by atoms with E-state index >= 15 is 0 Å². The van der Waals surface area contributed by atoms with Crippen molar-refractivity contribution < 1.29 is 13.9 Å². The number of esters is 1. The smallest absolute Gasteiger partial charge is 0.373 e. The first kappa shape index (κ1) is 10.6. The van der Waals surface area contributed by atoms with Crippen LogP contribution in [0, 0.1) is 0 Å². The van der Waals surface area contributed by atoms with Gasteiger partial charge in [0.25, 0.3) is 0 Å². The molecule has 0 fully saturated rings. The molecule has 1 aromatic heterocycles. The van der Waals surface area contributed by atoms with Gasteiger partial charge in [-0.1, -0.05) is 13.0 Å². The molecule has 0 saturated carbocycles. The predicted octanol–water partition coefficient (Wildman–Crippen LogP) is 2.88. The van der Waals surface area contributed by atoms with Crippen molar-refractivity contribution in [3.63, 3.8) is 0 Å². The molecule has 0 N–H and O–H groups in total. The first-order valence-corrected chi connectivity index (χ1v) is 4.54. The lowest BCUT2D eigenvalue weighted by atomic mass is 10.2. The predicted molar refractivity (Wildman–Crippen MR) is 54.0 cm³/mol. The Labute approximate surface area is 83.4 Å². The first-order chi connectivity index (χ1) is 6.69. The molecule has 1 aromatic rings. The van der Waals surface area contributed by atoms with Crippen molar-refractivity contribution in [2.45, 2.75) is 20.3 Å². The summed E-state index contributed by atoms with van der Waals surface area (Å²) < 4.78 is 9.84. The van der Waals surface area contributed by atoms with E-state index in [4.69, 9.17) is 4.42 Å². The molecule has 0 saturated heterocycles. The Hall–Kier alpha value is -1.51. The number of hydrogen-bond donors (Lipinski definition) is 0. The van der Waals surface area contributed by atoms with E-state index in [2.05, 4.69) is 4.74 Å². The highest BCUT2D eigenvalue weighted by atomic mass is 16.5. The van der Waals surface area contributed by atoms with Crippen LogP contribution in [0.15, 0.2) is 22.6 Å². The third-order valence-corrected chi connectivity index (χ3v) is 1.89. The molecule has 0 amide bonds. The average molecular weight is 194 g/mol. The van der Waals surface area contributed by atoms with Gasteiger partial charge in [0.05, 0.1) is 7.11 Å². The first-order valence-electron chi connectivity index (χ1n) is 4.54. The summed E-state index contributed by atoms with van der Waals surface area (Å²) in [5.41, 5.74) is 1.03. The minimum Gasteiger partial charge on any atom is -0.463 e. The monoisotopic (exact) mass is 194 g/mol. The molecule has 0 aliphatic heterocycles. The second-order valence-corrected chi connectivity index (χ2v) is 2.95.